The van der Waals surface area contributed by atoms with Gasteiger partial charge in [-0.25, -0.2) is 9.78 Å². The fourth-order valence-electron chi connectivity index (χ4n) is 2.13. The zero-order chi connectivity index (χ0) is 16.6. The van der Waals surface area contributed by atoms with Gasteiger partial charge in [0.15, 0.2) is 5.65 Å². The molecule has 0 aliphatic carbocycles. The summed E-state index contributed by atoms with van der Waals surface area (Å²) < 4.78 is 7.42. The number of carbonyl (C=O) groups excluding carboxylic acids is 1. The van der Waals surface area contributed by atoms with Gasteiger partial charge in [-0.1, -0.05) is 0 Å². The van der Waals surface area contributed by atoms with Gasteiger partial charge in [-0.3, -0.25) is 4.98 Å². The Balaban J connectivity index is 2.19. The molecule has 0 N–H and O–H groups in total. The smallest absolute Gasteiger partial charge is 0.437 e. The Bertz CT molecular complexity index is 869. The first-order valence-corrected chi connectivity index (χ1v) is 7.82. The van der Waals surface area contributed by atoms with Gasteiger partial charge in [-0.15, -0.1) is 4.68 Å². The molecular formula is C16H15BrN4O2. The molecule has 0 unspecified atom stereocenters. The number of fused-ring (bicyclic) bond motifs is 1. The number of hydrogen-bond donors (Lipinski definition) is 0. The van der Waals surface area contributed by atoms with Crippen LogP contribution in [0, 0.1) is 0 Å². The van der Waals surface area contributed by atoms with E-state index in [1.165, 1.54) is 4.68 Å². The number of halogens is 1. The van der Waals surface area contributed by atoms with E-state index in [0.29, 0.717) is 11.3 Å². The zero-order valence-electron chi connectivity index (χ0n) is 12.9. The van der Waals surface area contributed by atoms with Crippen molar-refractivity contribution in [1.82, 2.24) is 19.7 Å². The Morgan fingerprint density at radius 1 is 1.26 bits per heavy atom. The SMILES string of the molecule is CC(C)(C)OC(=O)n1nc(-c2ccncc2)c2cc(Br)cnc21. The van der Waals surface area contributed by atoms with Gasteiger partial charge in [-0.05, 0) is 54.9 Å². The second-order valence-corrected chi connectivity index (χ2v) is 6.92. The Morgan fingerprint density at radius 3 is 2.61 bits per heavy atom. The Hall–Kier alpha value is -2.28. The van der Waals surface area contributed by atoms with Crippen LogP contribution in [0.2, 0.25) is 0 Å². The Morgan fingerprint density at radius 2 is 1.96 bits per heavy atom. The zero-order valence-corrected chi connectivity index (χ0v) is 14.5. The summed E-state index contributed by atoms with van der Waals surface area (Å²) in [5.74, 6) is 0. The predicted octanol–water partition coefficient (Wildman–Crippen LogP) is 4.04. The first-order chi connectivity index (χ1) is 10.8. The van der Waals surface area contributed by atoms with Crippen LogP contribution in [0.1, 0.15) is 20.8 Å². The normalized spacial score (nSPS) is 11.7. The van der Waals surface area contributed by atoms with E-state index >= 15 is 0 Å². The molecule has 0 bridgehead atoms. The molecule has 0 fully saturated rings. The minimum atomic E-state index is -0.610. The molecule has 7 heteroatoms. The fourth-order valence-corrected chi connectivity index (χ4v) is 2.46. The van der Waals surface area contributed by atoms with Crippen LogP contribution < -0.4 is 0 Å². The summed E-state index contributed by atoms with van der Waals surface area (Å²) in [6.45, 7) is 5.43. The van der Waals surface area contributed by atoms with Crippen molar-refractivity contribution in [1.29, 1.82) is 0 Å². The summed E-state index contributed by atoms with van der Waals surface area (Å²) in [6, 6.07) is 5.55. The summed E-state index contributed by atoms with van der Waals surface area (Å²) in [5, 5.41) is 5.18. The molecule has 0 aromatic carbocycles. The van der Waals surface area contributed by atoms with Gasteiger partial charge in [0, 0.05) is 34.0 Å². The summed E-state index contributed by atoms with van der Waals surface area (Å²) in [7, 11) is 0. The van der Waals surface area contributed by atoms with Crippen LogP contribution >= 0.6 is 15.9 Å². The Labute approximate surface area is 141 Å². The average molecular weight is 375 g/mol. The van der Waals surface area contributed by atoms with Crippen molar-refractivity contribution in [2.24, 2.45) is 0 Å². The minimum Gasteiger partial charge on any atom is -0.442 e. The molecule has 23 heavy (non-hydrogen) atoms. The minimum absolute atomic E-state index is 0.453. The quantitative estimate of drug-likeness (QED) is 0.642. The molecule has 3 heterocycles. The van der Waals surface area contributed by atoms with Crippen LogP contribution in [0.5, 0.6) is 0 Å². The van der Waals surface area contributed by atoms with Crippen molar-refractivity contribution in [3.63, 3.8) is 0 Å². The molecule has 0 spiro atoms. The molecule has 118 valence electrons. The van der Waals surface area contributed by atoms with Crippen molar-refractivity contribution >= 4 is 33.1 Å². The van der Waals surface area contributed by atoms with Crippen molar-refractivity contribution in [2.75, 3.05) is 0 Å². The standard InChI is InChI=1S/C16H15BrN4O2/c1-16(2,3)23-15(22)21-14-12(8-11(17)9-19-14)13(20-21)10-4-6-18-7-5-10/h4-9H,1-3H3. The number of hydrogen-bond acceptors (Lipinski definition) is 5. The number of pyridine rings is 2. The highest BCUT2D eigenvalue weighted by molar-refractivity contribution is 9.10. The number of carbonyl (C=O) groups is 1. The second kappa shape index (κ2) is 5.73. The molecule has 0 amide bonds. The van der Waals surface area contributed by atoms with E-state index in [1.54, 1.807) is 18.6 Å². The van der Waals surface area contributed by atoms with Crippen molar-refractivity contribution in [2.45, 2.75) is 26.4 Å². The first-order valence-electron chi connectivity index (χ1n) is 7.03. The van der Waals surface area contributed by atoms with Crippen LogP contribution in [0.3, 0.4) is 0 Å². The van der Waals surface area contributed by atoms with Crippen LogP contribution in [-0.2, 0) is 4.74 Å². The maximum absolute atomic E-state index is 12.4. The van der Waals surface area contributed by atoms with Gasteiger partial charge in [-0.2, -0.15) is 5.10 Å². The van der Waals surface area contributed by atoms with Crippen LogP contribution in [0.4, 0.5) is 4.79 Å². The van der Waals surface area contributed by atoms with E-state index in [2.05, 4.69) is 31.0 Å². The van der Waals surface area contributed by atoms with E-state index in [4.69, 9.17) is 4.74 Å². The van der Waals surface area contributed by atoms with Gasteiger partial charge in [0.05, 0.1) is 0 Å². The van der Waals surface area contributed by atoms with Gasteiger partial charge in [0.25, 0.3) is 0 Å². The first kappa shape index (κ1) is 15.6. The van der Waals surface area contributed by atoms with Crippen molar-refractivity contribution < 1.29 is 9.53 Å². The number of ether oxygens (including phenoxy) is 1. The molecule has 0 saturated heterocycles. The fraction of sp³-hybridized carbons (Fsp3) is 0.250. The monoisotopic (exact) mass is 374 g/mol. The molecule has 0 radical (unpaired) electrons. The van der Waals surface area contributed by atoms with E-state index in [9.17, 15) is 4.79 Å². The maximum Gasteiger partial charge on any atom is 0.437 e. The maximum atomic E-state index is 12.4. The number of nitrogens with zero attached hydrogens (tertiary/aromatic N) is 4. The number of aromatic nitrogens is 4. The summed E-state index contributed by atoms with van der Waals surface area (Å²) in [5.41, 5.74) is 1.35. The molecule has 3 aromatic rings. The molecule has 3 aromatic heterocycles. The third-order valence-corrected chi connectivity index (χ3v) is 3.44. The van der Waals surface area contributed by atoms with Crippen LogP contribution in [-0.4, -0.2) is 31.4 Å². The summed E-state index contributed by atoms with van der Waals surface area (Å²) in [6.07, 6.45) is 4.43. The molecular weight excluding hydrogens is 360 g/mol. The lowest BCUT2D eigenvalue weighted by atomic mass is 10.1. The topological polar surface area (TPSA) is 69.9 Å². The predicted molar refractivity (Wildman–Crippen MR) is 90.1 cm³/mol. The third kappa shape index (κ3) is 3.24. The van der Waals surface area contributed by atoms with Gasteiger partial charge < -0.3 is 4.74 Å². The Kier molecular flexibility index (Phi) is 3.89. The van der Waals surface area contributed by atoms with Gasteiger partial charge in [0.2, 0.25) is 0 Å². The largest absolute Gasteiger partial charge is 0.442 e. The highest BCUT2D eigenvalue weighted by atomic mass is 79.9. The van der Waals surface area contributed by atoms with E-state index < -0.39 is 11.7 Å². The third-order valence-electron chi connectivity index (χ3n) is 3.01. The number of rotatable bonds is 1. The molecule has 6 nitrogen and oxygen atoms in total. The molecule has 0 atom stereocenters. The molecule has 3 rings (SSSR count). The molecule has 0 saturated carbocycles. The lowest BCUT2D eigenvalue weighted by molar-refractivity contribution is 0.0522. The van der Waals surface area contributed by atoms with E-state index in [1.807, 2.05) is 39.0 Å². The van der Waals surface area contributed by atoms with E-state index in [-0.39, 0.29) is 0 Å². The van der Waals surface area contributed by atoms with Crippen molar-refractivity contribution in [3.05, 3.63) is 41.3 Å². The lowest BCUT2D eigenvalue weighted by Crippen LogP contribution is -2.27. The molecule has 0 aliphatic heterocycles. The van der Waals surface area contributed by atoms with Crippen LogP contribution in [0.25, 0.3) is 22.3 Å². The van der Waals surface area contributed by atoms with Gasteiger partial charge >= 0.3 is 6.09 Å². The molecule has 0 aliphatic rings. The van der Waals surface area contributed by atoms with Crippen molar-refractivity contribution in [3.8, 4) is 11.3 Å². The second-order valence-electron chi connectivity index (χ2n) is 6.00. The lowest BCUT2D eigenvalue weighted by Gasteiger charge is -2.18. The summed E-state index contributed by atoms with van der Waals surface area (Å²) >= 11 is 3.41. The average Bonchev–Trinajstić information content (AvgIpc) is 2.85. The highest BCUT2D eigenvalue weighted by Gasteiger charge is 2.23. The van der Waals surface area contributed by atoms with E-state index in [0.717, 1.165) is 15.4 Å². The van der Waals surface area contributed by atoms with Gasteiger partial charge in [0.1, 0.15) is 11.3 Å². The summed E-state index contributed by atoms with van der Waals surface area (Å²) in [4.78, 5) is 20.7. The highest BCUT2D eigenvalue weighted by Crippen LogP contribution is 2.29. The van der Waals surface area contributed by atoms with Crippen LogP contribution in [0.15, 0.2) is 41.3 Å².